The number of imide groups is 2. The molecule has 32 heavy (non-hydrogen) atoms. The number of hydrogen-bond acceptors (Lipinski definition) is 6. The van der Waals surface area contributed by atoms with Crippen LogP contribution < -0.4 is 10.6 Å². The number of carbonyl (C=O) groups is 5. The van der Waals surface area contributed by atoms with Crippen LogP contribution in [0.3, 0.4) is 0 Å². The molecule has 0 spiro atoms. The number of nitrogens with one attached hydrogen (secondary N) is 2. The standard InChI is InChI=1S/C23H23N3O5S/c1-32-15-5-2-13(3-6-15)11-20(28)24-12-14-4-7-16-17(10-14)23(31)26(22(16)30)18-8-9-19(27)25-21(18)29/h2-3,5-7,10,14,18H,4,8-9,11-12H2,1H3,(H,24,28)(H,25,27,29). The second kappa shape index (κ2) is 9.12. The Kier molecular flexibility index (Phi) is 6.27. The third-order valence-corrected chi connectivity index (χ3v) is 6.57. The highest BCUT2D eigenvalue weighted by Crippen LogP contribution is 2.34. The zero-order valence-corrected chi connectivity index (χ0v) is 18.4. The molecule has 2 saturated heterocycles. The summed E-state index contributed by atoms with van der Waals surface area (Å²) in [5.41, 5.74) is 1.47. The van der Waals surface area contributed by atoms with Crippen molar-refractivity contribution in [3.05, 3.63) is 53.1 Å². The maximum absolute atomic E-state index is 12.9. The van der Waals surface area contributed by atoms with Gasteiger partial charge in [0.1, 0.15) is 6.04 Å². The second-order valence-corrected chi connectivity index (χ2v) is 8.85. The molecule has 0 aromatic heterocycles. The first kappa shape index (κ1) is 22.0. The van der Waals surface area contributed by atoms with E-state index in [9.17, 15) is 24.0 Å². The van der Waals surface area contributed by atoms with Crippen LogP contribution in [0, 0.1) is 5.92 Å². The van der Waals surface area contributed by atoms with E-state index in [2.05, 4.69) is 10.6 Å². The molecule has 2 atom stereocenters. The molecule has 5 amide bonds. The summed E-state index contributed by atoms with van der Waals surface area (Å²) in [4.78, 5) is 63.6. The van der Waals surface area contributed by atoms with Crippen LogP contribution in [0.5, 0.6) is 0 Å². The summed E-state index contributed by atoms with van der Waals surface area (Å²) in [6, 6.07) is 6.82. The van der Waals surface area contributed by atoms with E-state index in [4.69, 9.17) is 0 Å². The van der Waals surface area contributed by atoms with Gasteiger partial charge in [0.15, 0.2) is 0 Å². The molecule has 9 heteroatoms. The minimum Gasteiger partial charge on any atom is -0.355 e. The molecule has 2 aliphatic heterocycles. The lowest BCUT2D eigenvalue weighted by atomic mass is 9.91. The van der Waals surface area contributed by atoms with Gasteiger partial charge >= 0.3 is 0 Å². The van der Waals surface area contributed by atoms with Gasteiger partial charge in [0, 0.05) is 29.0 Å². The summed E-state index contributed by atoms with van der Waals surface area (Å²) >= 11 is 1.64. The van der Waals surface area contributed by atoms with Gasteiger partial charge in [0.2, 0.25) is 17.7 Å². The zero-order chi connectivity index (χ0) is 22.8. The summed E-state index contributed by atoms with van der Waals surface area (Å²) in [7, 11) is 0. The molecule has 2 unspecified atom stereocenters. The maximum atomic E-state index is 12.9. The number of carbonyl (C=O) groups excluding carboxylic acids is 5. The Morgan fingerprint density at radius 3 is 2.53 bits per heavy atom. The van der Waals surface area contributed by atoms with Gasteiger partial charge in [-0.05, 0) is 42.7 Å². The first-order chi connectivity index (χ1) is 15.4. The van der Waals surface area contributed by atoms with Gasteiger partial charge in [0.05, 0.1) is 6.42 Å². The number of thioether (sulfide) groups is 1. The van der Waals surface area contributed by atoms with E-state index in [1.54, 1.807) is 23.9 Å². The minimum absolute atomic E-state index is 0.0836. The van der Waals surface area contributed by atoms with E-state index in [-0.39, 0.29) is 42.2 Å². The fourth-order valence-corrected chi connectivity index (χ4v) is 4.51. The Bertz CT molecular complexity index is 1060. The Hall–Kier alpha value is -3.20. The zero-order valence-electron chi connectivity index (χ0n) is 17.6. The molecule has 4 rings (SSSR count). The number of amides is 5. The smallest absolute Gasteiger partial charge is 0.261 e. The predicted octanol–water partition coefficient (Wildman–Crippen LogP) is 1.11. The van der Waals surface area contributed by atoms with Crippen molar-refractivity contribution in [3.8, 4) is 0 Å². The predicted molar refractivity (Wildman–Crippen MR) is 117 cm³/mol. The lowest BCUT2D eigenvalue weighted by Crippen LogP contribution is -2.54. The third-order valence-electron chi connectivity index (χ3n) is 5.82. The number of rotatable bonds is 6. The molecule has 2 fully saturated rings. The lowest BCUT2D eigenvalue weighted by Gasteiger charge is -2.27. The number of likely N-dealkylation sites (tertiary alicyclic amines) is 1. The summed E-state index contributed by atoms with van der Waals surface area (Å²) in [5, 5.41) is 5.08. The fraction of sp³-hybridized carbons (Fsp3) is 0.348. The van der Waals surface area contributed by atoms with Crippen LogP contribution in [0.4, 0.5) is 0 Å². The lowest BCUT2D eigenvalue weighted by molar-refractivity contribution is -0.149. The molecule has 3 aliphatic rings. The highest BCUT2D eigenvalue weighted by Gasteiger charge is 2.47. The van der Waals surface area contributed by atoms with Crippen LogP contribution in [0.15, 0.2) is 52.5 Å². The molecule has 166 valence electrons. The van der Waals surface area contributed by atoms with Crippen LogP contribution in [0.2, 0.25) is 0 Å². The van der Waals surface area contributed by atoms with Crippen molar-refractivity contribution in [2.75, 3.05) is 12.8 Å². The summed E-state index contributed by atoms with van der Waals surface area (Å²) in [6.45, 7) is 0.342. The van der Waals surface area contributed by atoms with Crippen LogP contribution in [-0.2, 0) is 30.4 Å². The topological polar surface area (TPSA) is 113 Å². The summed E-state index contributed by atoms with van der Waals surface area (Å²) < 4.78 is 0. The number of nitrogens with zero attached hydrogens (tertiary/aromatic N) is 1. The number of fused-ring (bicyclic) bond motifs is 1. The van der Waals surface area contributed by atoms with Crippen molar-refractivity contribution in [1.82, 2.24) is 15.5 Å². The van der Waals surface area contributed by atoms with Crippen LogP contribution in [-0.4, -0.2) is 53.3 Å². The molecule has 0 radical (unpaired) electrons. The van der Waals surface area contributed by atoms with Gasteiger partial charge in [-0.15, -0.1) is 11.8 Å². The summed E-state index contributed by atoms with van der Waals surface area (Å²) in [6.07, 6.45) is 6.37. The molecule has 1 aromatic rings. The Morgan fingerprint density at radius 2 is 1.84 bits per heavy atom. The number of piperidine rings is 1. The van der Waals surface area contributed by atoms with E-state index in [1.807, 2.05) is 30.5 Å². The molecule has 8 nitrogen and oxygen atoms in total. The molecule has 2 N–H and O–H groups in total. The quantitative estimate of drug-likeness (QED) is 0.493. The van der Waals surface area contributed by atoms with E-state index < -0.39 is 29.7 Å². The van der Waals surface area contributed by atoms with Gasteiger partial charge in [-0.3, -0.25) is 34.2 Å². The van der Waals surface area contributed by atoms with Crippen molar-refractivity contribution in [2.24, 2.45) is 5.92 Å². The van der Waals surface area contributed by atoms with Crippen molar-refractivity contribution in [2.45, 2.75) is 36.6 Å². The SMILES string of the molecule is CSc1ccc(CC(=O)NCC2C=C3C(=O)N(C4CCC(=O)NC4=O)C(=O)C3=CC2)cc1. The first-order valence-corrected chi connectivity index (χ1v) is 11.6. The Morgan fingerprint density at radius 1 is 1.12 bits per heavy atom. The van der Waals surface area contributed by atoms with E-state index in [1.165, 1.54) is 0 Å². The Balaban J connectivity index is 1.37. The molecule has 2 heterocycles. The molecule has 0 bridgehead atoms. The van der Waals surface area contributed by atoms with Crippen LogP contribution in [0.25, 0.3) is 0 Å². The van der Waals surface area contributed by atoms with Gasteiger partial charge in [-0.2, -0.15) is 0 Å². The number of hydrogen-bond donors (Lipinski definition) is 2. The highest BCUT2D eigenvalue weighted by molar-refractivity contribution is 7.98. The van der Waals surface area contributed by atoms with Crippen LogP contribution in [0.1, 0.15) is 24.8 Å². The second-order valence-electron chi connectivity index (χ2n) is 7.97. The fourth-order valence-electron chi connectivity index (χ4n) is 4.10. The van der Waals surface area contributed by atoms with Crippen molar-refractivity contribution in [1.29, 1.82) is 0 Å². The minimum atomic E-state index is -0.976. The average molecular weight is 454 g/mol. The number of allylic oxidation sites excluding steroid dienone is 1. The molecule has 1 aromatic carbocycles. The summed E-state index contributed by atoms with van der Waals surface area (Å²) in [5.74, 6) is -2.31. The van der Waals surface area contributed by atoms with Gasteiger partial charge in [-0.25, -0.2) is 0 Å². The van der Waals surface area contributed by atoms with Crippen molar-refractivity contribution in [3.63, 3.8) is 0 Å². The van der Waals surface area contributed by atoms with E-state index in [0.717, 1.165) is 15.4 Å². The van der Waals surface area contributed by atoms with Gasteiger partial charge in [-0.1, -0.05) is 24.3 Å². The van der Waals surface area contributed by atoms with Crippen molar-refractivity contribution >= 4 is 41.3 Å². The molecular weight excluding hydrogens is 430 g/mol. The highest BCUT2D eigenvalue weighted by atomic mass is 32.2. The van der Waals surface area contributed by atoms with Gasteiger partial charge < -0.3 is 5.32 Å². The van der Waals surface area contributed by atoms with Gasteiger partial charge in [0.25, 0.3) is 11.8 Å². The monoisotopic (exact) mass is 453 g/mol. The molecule has 0 saturated carbocycles. The van der Waals surface area contributed by atoms with E-state index in [0.29, 0.717) is 13.0 Å². The largest absolute Gasteiger partial charge is 0.355 e. The number of benzene rings is 1. The average Bonchev–Trinajstić information content (AvgIpc) is 3.03. The van der Waals surface area contributed by atoms with E-state index >= 15 is 0 Å². The molecular formula is C23H23N3O5S. The third kappa shape index (κ3) is 4.38. The Labute approximate surface area is 189 Å². The molecule has 1 aliphatic carbocycles. The van der Waals surface area contributed by atoms with Crippen LogP contribution >= 0.6 is 11.8 Å². The maximum Gasteiger partial charge on any atom is 0.261 e. The van der Waals surface area contributed by atoms with Crippen molar-refractivity contribution < 1.29 is 24.0 Å². The normalized spacial score (nSPS) is 22.8. The first-order valence-electron chi connectivity index (χ1n) is 10.4.